The minimum Gasteiger partial charge on any atom is -0.316 e. The Kier molecular flexibility index (Phi) is 12.2. The van der Waals surface area contributed by atoms with Gasteiger partial charge in [-0.3, -0.25) is 0 Å². The Morgan fingerprint density at radius 2 is 1.40 bits per heavy atom. The smallest absolute Gasteiger partial charge is 0.316 e. The van der Waals surface area contributed by atoms with E-state index in [1.54, 1.807) is 11.1 Å². The Hall–Kier alpha value is -0.000519. The van der Waals surface area contributed by atoms with E-state index in [-0.39, 0.29) is 30.1 Å². The van der Waals surface area contributed by atoms with E-state index in [2.05, 4.69) is 79.6 Å². The summed E-state index contributed by atoms with van der Waals surface area (Å²) in [4.78, 5) is 0. The van der Waals surface area contributed by atoms with Crippen LogP contribution in [-0.4, -0.2) is 36.5 Å². The minimum absolute atomic E-state index is 0. The first-order valence-electron chi connectivity index (χ1n) is 13.4. The van der Waals surface area contributed by atoms with Crippen LogP contribution in [0.25, 0.3) is 0 Å². The van der Waals surface area contributed by atoms with Crippen molar-refractivity contribution in [1.29, 1.82) is 0 Å². The topological polar surface area (TPSA) is 24.1 Å². The van der Waals surface area contributed by atoms with E-state index < -0.39 is 0 Å². The van der Waals surface area contributed by atoms with Crippen molar-refractivity contribution in [3.05, 3.63) is 59.7 Å². The van der Waals surface area contributed by atoms with Gasteiger partial charge >= 0.3 is 17.1 Å². The summed E-state index contributed by atoms with van der Waals surface area (Å²) < 4.78 is 0. The van der Waals surface area contributed by atoms with Crippen LogP contribution in [0.15, 0.2) is 48.5 Å². The summed E-state index contributed by atoms with van der Waals surface area (Å²) in [5.74, 6) is 1.42. The molecule has 0 aliphatic carbocycles. The second-order valence-corrected chi connectivity index (χ2v) is 17.2. The van der Waals surface area contributed by atoms with Gasteiger partial charge < -0.3 is 10.6 Å². The van der Waals surface area contributed by atoms with Crippen LogP contribution in [0.3, 0.4) is 0 Å². The van der Waals surface area contributed by atoms with Crippen LogP contribution in [0.1, 0.15) is 78.4 Å². The van der Waals surface area contributed by atoms with Gasteiger partial charge in [0.25, 0.3) is 0 Å². The van der Waals surface area contributed by atoms with Gasteiger partial charge in [-0.05, 0) is 79.2 Å². The standard InChI is InChI=1S/C25H45N2P2.C5H5.Fe/c1-23(2,3)29(24(4,5)6)18-19-10-7-13-22(19)25(28,20-11-8-14-26-16-20)21-12-9-15-27-17-21;1-2-4-5-3-1;/h7,10,13,20-21,26-27H,8-9,11-12,14-18,28H2,1-6H3;1-5H;/q2*-1;+2. The van der Waals surface area contributed by atoms with Gasteiger partial charge in [0, 0.05) is 0 Å². The Labute approximate surface area is 230 Å². The van der Waals surface area contributed by atoms with E-state index in [0.29, 0.717) is 22.1 Å². The number of hydrogen-bond donors (Lipinski definition) is 2. The molecule has 0 spiro atoms. The maximum absolute atomic E-state index is 3.72. The van der Waals surface area contributed by atoms with E-state index in [0.717, 1.165) is 13.1 Å². The molecule has 35 heavy (non-hydrogen) atoms. The molecule has 0 bridgehead atoms. The molecule has 2 aliphatic heterocycles. The van der Waals surface area contributed by atoms with Crippen molar-refractivity contribution in [2.45, 2.75) is 88.9 Å². The molecule has 0 saturated carbocycles. The summed E-state index contributed by atoms with van der Waals surface area (Å²) in [5, 5.41) is 8.36. The van der Waals surface area contributed by atoms with Crippen molar-refractivity contribution in [1.82, 2.24) is 10.6 Å². The summed E-state index contributed by atoms with van der Waals surface area (Å²) in [7, 11) is 3.31. The summed E-state index contributed by atoms with van der Waals surface area (Å²) in [6.45, 7) is 19.4. The van der Waals surface area contributed by atoms with E-state index in [9.17, 15) is 0 Å². The van der Waals surface area contributed by atoms with Crippen LogP contribution in [0.4, 0.5) is 0 Å². The molecular weight excluding hydrogens is 506 g/mol. The Bertz CT molecular complexity index is 770. The number of nitrogens with one attached hydrogen (secondary N) is 2. The summed E-state index contributed by atoms with van der Waals surface area (Å²) >= 11 is 0. The molecule has 0 amide bonds. The summed E-state index contributed by atoms with van der Waals surface area (Å²) in [6, 6.07) is 17.3. The zero-order chi connectivity index (χ0) is 24.8. The van der Waals surface area contributed by atoms with Crippen molar-refractivity contribution in [3.8, 4) is 0 Å². The molecule has 5 heteroatoms. The van der Waals surface area contributed by atoms with Crippen molar-refractivity contribution in [3.63, 3.8) is 0 Å². The number of hydrogen-bond acceptors (Lipinski definition) is 2. The van der Waals surface area contributed by atoms with Crippen LogP contribution >= 0.6 is 17.2 Å². The van der Waals surface area contributed by atoms with Crippen molar-refractivity contribution in [2.24, 2.45) is 11.8 Å². The zero-order valence-corrected chi connectivity index (χ0v) is 26.2. The zero-order valence-electron chi connectivity index (χ0n) is 23.0. The Morgan fingerprint density at radius 3 is 1.77 bits per heavy atom. The first kappa shape index (κ1) is 31.2. The molecule has 0 aromatic heterocycles. The predicted molar refractivity (Wildman–Crippen MR) is 157 cm³/mol. The maximum Gasteiger partial charge on any atom is 2.00 e. The molecule has 2 aromatic carbocycles. The van der Waals surface area contributed by atoms with Gasteiger partial charge in [0.1, 0.15) is 0 Å². The van der Waals surface area contributed by atoms with Gasteiger partial charge in [0.2, 0.25) is 0 Å². The first-order valence-corrected chi connectivity index (χ1v) is 15.5. The van der Waals surface area contributed by atoms with Crippen LogP contribution < -0.4 is 10.6 Å². The average Bonchev–Trinajstić information content (AvgIpc) is 3.52. The number of rotatable bonds is 5. The van der Waals surface area contributed by atoms with Crippen molar-refractivity contribution < 1.29 is 17.1 Å². The first-order chi connectivity index (χ1) is 16.0. The van der Waals surface area contributed by atoms with Gasteiger partial charge in [-0.2, -0.15) is 41.5 Å². The molecule has 0 radical (unpaired) electrons. The van der Waals surface area contributed by atoms with Gasteiger partial charge in [-0.25, -0.2) is 18.2 Å². The van der Waals surface area contributed by atoms with E-state index in [1.165, 1.54) is 44.9 Å². The van der Waals surface area contributed by atoms with Crippen LogP contribution in [0, 0.1) is 11.8 Å². The second-order valence-electron chi connectivity index (χ2n) is 12.4. The van der Waals surface area contributed by atoms with E-state index in [4.69, 9.17) is 0 Å². The summed E-state index contributed by atoms with van der Waals surface area (Å²) in [5.41, 5.74) is 3.28. The molecule has 3 atom stereocenters. The second kappa shape index (κ2) is 13.7. The quantitative estimate of drug-likeness (QED) is 0.227. The fourth-order valence-electron chi connectivity index (χ4n) is 6.28. The molecule has 3 unspecified atom stereocenters. The third-order valence-electron chi connectivity index (χ3n) is 7.82. The molecule has 2 nitrogen and oxygen atoms in total. The predicted octanol–water partition coefficient (Wildman–Crippen LogP) is 7.46. The fraction of sp³-hybridized carbons (Fsp3) is 0.667. The van der Waals surface area contributed by atoms with Gasteiger partial charge in [-0.15, -0.1) is 17.2 Å². The minimum atomic E-state index is -0.132. The average molecular weight is 557 g/mol. The van der Waals surface area contributed by atoms with Gasteiger partial charge in [-0.1, -0.05) is 47.7 Å². The molecule has 2 saturated heterocycles. The molecule has 4 rings (SSSR count). The molecule has 2 N–H and O–H groups in total. The van der Waals surface area contributed by atoms with E-state index >= 15 is 0 Å². The van der Waals surface area contributed by atoms with Crippen LogP contribution in [-0.2, 0) is 28.4 Å². The molecule has 2 heterocycles. The maximum atomic E-state index is 3.72. The molecule has 2 fully saturated rings. The van der Waals surface area contributed by atoms with Crippen LogP contribution in [0.2, 0.25) is 0 Å². The fourth-order valence-corrected chi connectivity index (χ4v) is 10.7. The van der Waals surface area contributed by atoms with E-state index in [1.807, 2.05) is 30.3 Å². The molecule has 2 aliphatic rings. The molecule has 198 valence electrons. The monoisotopic (exact) mass is 556 g/mol. The third-order valence-corrected chi connectivity index (χ3v) is 13.0. The molecule has 2 aromatic rings. The molecular formula is C30H50FeN2P2. The normalized spacial score (nSPS) is 23.1. The number of piperidine rings is 2. The summed E-state index contributed by atoms with van der Waals surface area (Å²) in [6.07, 6.45) is 6.58. The van der Waals surface area contributed by atoms with Crippen molar-refractivity contribution >= 4 is 17.2 Å². The third kappa shape index (κ3) is 8.24. The van der Waals surface area contributed by atoms with Crippen molar-refractivity contribution in [2.75, 3.05) is 26.2 Å². The Balaban J connectivity index is 0.000000640. The van der Waals surface area contributed by atoms with Gasteiger partial charge in [0.15, 0.2) is 0 Å². The van der Waals surface area contributed by atoms with Gasteiger partial charge in [0.05, 0.1) is 0 Å². The van der Waals surface area contributed by atoms with Crippen LogP contribution in [0.5, 0.6) is 0 Å². The Morgan fingerprint density at radius 1 is 0.886 bits per heavy atom. The SMILES string of the molecule is CC(C)(C)P(Cc1cc[cH-]c1C(P)(C1CCCNC1)C1CCCNC1)C(C)(C)C.[Fe+2].c1cc[cH-]c1. The largest absolute Gasteiger partial charge is 2.00 e.